The van der Waals surface area contributed by atoms with Gasteiger partial charge in [-0.25, -0.2) is 8.42 Å². The van der Waals surface area contributed by atoms with Gasteiger partial charge in [0, 0.05) is 0 Å². The Morgan fingerprint density at radius 1 is 1.46 bits per heavy atom. The molecule has 0 amide bonds. The second-order valence-corrected chi connectivity index (χ2v) is 4.45. The molecule has 0 saturated heterocycles. The Morgan fingerprint density at radius 3 is 2.46 bits per heavy atom. The minimum Gasteiger partial charge on any atom is -0.466 e. The molecule has 5 heteroatoms. The van der Waals surface area contributed by atoms with Gasteiger partial charge < -0.3 is 4.74 Å². The van der Waals surface area contributed by atoms with Crippen LogP contribution in [0.5, 0.6) is 0 Å². The monoisotopic (exact) mass is 206 g/mol. The van der Waals surface area contributed by atoms with Crippen molar-refractivity contribution in [3.8, 4) is 0 Å². The summed E-state index contributed by atoms with van der Waals surface area (Å²) < 4.78 is 25.7. The number of hydrogen-bond donors (Lipinski definition) is 1. The van der Waals surface area contributed by atoms with Crippen molar-refractivity contribution >= 4 is 16.7 Å². The predicted molar refractivity (Wildman–Crippen MR) is 48.1 cm³/mol. The van der Waals surface area contributed by atoms with Gasteiger partial charge in [-0.15, -0.1) is 0 Å². The largest absolute Gasteiger partial charge is 0.466 e. The van der Waals surface area contributed by atoms with Crippen LogP contribution in [0.2, 0.25) is 0 Å². The first-order chi connectivity index (χ1) is 6.08. The summed E-state index contributed by atoms with van der Waals surface area (Å²) in [6.45, 7) is 2.10. The highest BCUT2D eigenvalue weighted by Gasteiger charge is 2.45. The zero-order valence-corrected chi connectivity index (χ0v) is 8.51. The minimum absolute atomic E-state index is 0.126. The zero-order chi connectivity index (χ0) is 9.90. The molecule has 0 aliphatic heterocycles. The topological polar surface area (TPSA) is 60.4 Å². The fourth-order valence-corrected chi connectivity index (χ4v) is 2.34. The van der Waals surface area contributed by atoms with Crippen LogP contribution in [-0.2, 0) is 20.2 Å². The number of hydrogen-bond acceptors (Lipinski definition) is 4. The Kier molecular flexibility index (Phi) is 3.30. The quantitative estimate of drug-likeness (QED) is 0.520. The maximum atomic E-state index is 11.1. The van der Waals surface area contributed by atoms with Crippen LogP contribution in [0, 0.1) is 5.41 Å². The third-order valence-electron chi connectivity index (χ3n) is 2.25. The molecule has 4 nitrogen and oxygen atoms in total. The number of esters is 1. The first-order valence-corrected chi connectivity index (χ1v) is 5.72. The van der Waals surface area contributed by atoms with Crippen LogP contribution in [0.15, 0.2) is 0 Å². The number of carbonyl (C=O) groups is 1. The van der Waals surface area contributed by atoms with E-state index in [1.54, 1.807) is 6.92 Å². The molecule has 0 aromatic heterocycles. The lowest BCUT2D eigenvalue weighted by molar-refractivity contribution is -0.144. The second kappa shape index (κ2) is 4.09. The Bertz CT molecular complexity index is 257. The van der Waals surface area contributed by atoms with Crippen molar-refractivity contribution < 1.29 is 17.9 Å². The molecule has 76 valence electrons. The molecule has 13 heavy (non-hydrogen) atoms. The van der Waals surface area contributed by atoms with Gasteiger partial charge >= 0.3 is 5.97 Å². The molecule has 0 bridgehead atoms. The maximum Gasteiger partial charge on any atom is 0.306 e. The Labute approximate surface area is 79.2 Å². The molecule has 0 N–H and O–H groups in total. The summed E-state index contributed by atoms with van der Waals surface area (Å²) in [7, 11) is -2.37. The molecule has 0 atom stereocenters. The highest BCUT2D eigenvalue weighted by Crippen LogP contribution is 2.49. The third-order valence-corrected chi connectivity index (χ3v) is 3.18. The van der Waals surface area contributed by atoms with Crippen molar-refractivity contribution in [2.75, 3.05) is 12.4 Å². The first-order valence-electron chi connectivity index (χ1n) is 4.35. The zero-order valence-electron chi connectivity index (χ0n) is 7.62. The van der Waals surface area contributed by atoms with E-state index in [1.807, 2.05) is 0 Å². The molecular weight excluding hydrogens is 192 g/mol. The van der Waals surface area contributed by atoms with E-state index in [0.29, 0.717) is 6.61 Å². The summed E-state index contributed by atoms with van der Waals surface area (Å²) in [5.74, 6) is -0.155. The Balaban J connectivity index is 2.39. The highest BCUT2D eigenvalue weighted by atomic mass is 32.2. The van der Waals surface area contributed by atoms with Gasteiger partial charge in [-0.3, -0.25) is 4.79 Å². The SMILES string of the molecule is CCOC(=O)CC1(C[SH](=O)=O)CC1. The van der Waals surface area contributed by atoms with E-state index in [4.69, 9.17) is 4.74 Å². The number of thiol groups is 1. The number of rotatable bonds is 5. The van der Waals surface area contributed by atoms with Gasteiger partial charge in [-0.2, -0.15) is 0 Å². The van der Waals surface area contributed by atoms with E-state index in [1.165, 1.54) is 0 Å². The highest BCUT2D eigenvalue weighted by molar-refractivity contribution is 7.72. The lowest BCUT2D eigenvalue weighted by Crippen LogP contribution is -2.16. The third kappa shape index (κ3) is 3.34. The summed E-state index contributed by atoms with van der Waals surface area (Å²) in [6.07, 6.45) is 1.91. The van der Waals surface area contributed by atoms with Crippen molar-refractivity contribution in [3.63, 3.8) is 0 Å². The van der Waals surface area contributed by atoms with Gasteiger partial charge in [0.05, 0.1) is 18.8 Å². The van der Waals surface area contributed by atoms with Crippen molar-refractivity contribution in [2.24, 2.45) is 5.41 Å². The smallest absolute Gasteiger partial charge is 0.306 e. The van der Waals surface area contributed by atoms with Crippen LogP contribution >= 0.6 is 0 Å². The molecule has 1 aliphatic carbocycles. The van der Waals surface area contributed by atoms with Crippen molar-refractivity contribution in [1.82, 2.24) is 0 Å². The molecule has 0 aromatic rings. The normalized spacial score (nSPS) is 18.6. The Hall–Kier alpha value is -0.580. The van der Waals surface area contributed by atoms with E-state index in [2.05, 4.69) is 0 Å². The van der Waals surface area contributed by atoms with Crippen LogP contribution in [-0.4, -0.2) is 26.7 Å². The van der Waals surface area contributed by atoms with Gasteiger partial charge in [0.25, 0.3) is 0 Å². The standard InChI is InChI=1S/C8H14O4S/c1-2-12-7(9)5-8(3-4-8)6-13(10)11/h13H,2-6H2,1H3. The van der Waals surface area contributed by atoms with E-state index < -0.39 is 10.7 Å². The summed E-state index contributed by atoms with van der Waals surface area (Å²) in [5.41, 5.74) is -0.276. The molecule has 1 fully saturated rings. The maximum absolute atomic E-state index is 11.1. The molecule has 0 aromatic carbocycles. The van der Waals surface area contributed by atoms with Crippen LogP contribution in [0.1, 0.15) is 26.2 Å². The molecule has 0 spiro atoms. The summed E-state index contributed by atoms with van der Waals surface area (Å²) >= 11 is 0. The van der Waals surface area contributed by atoms with Crippen molar-refractivity contribution in [1.29, 1.82) is 0 Å². The van der Waals surface area contributed by atoms with Gasteiger partial charge in [0.15, 0.2) is 0 Å². The molecule has 1 aliphatic rings. The summed E-state index contributed by atoms with van der Waals surface area (Å²) in [6, 6.07) is 0. The fourth-order valence-electron chi connectivity index (χ4n) is 1.36. The van der Waals surface area contributed by atoms with Crippen LogP contribution in [0.3, 0.4) is 0 Å². The average molecular weight is 206 g/mol. The molecule has 0 unspecified atom stereocenters. The van der Waals surface area contributed by atoms with Gasteiger partial charge in [0.2, 0.25) is 0 Å². The summed E-state index contributed by atoms with van der Waals surface area (Å²) in [5, 5.41) is 0. The lowest BCUT2D eigenvalue weighted by atomic mass is 10.1. The van der Waals surface area contributed by atoms with Crippen LogP contribution in [0.4, 0.5) is 0 Å². The van der Waals surface area contributed by atoms with Gasteiger partial charge in [0.1, 0.15) is 10.7 Å². The van der Waals surface area contributed by atoms with Crippen LogP contribution < -0.4 is 0 Å². The first kappa shape index (κ1) is 10.5. The molecule has 1 saturated carbocycles. The number of carbonyl (C=O) groups excluding carboxylic acids is 1. The van der Waals surface area contributed by atoms with Crippen LogP contribution in [0.25, 0.3) is 0 Å². The molecule has 0 heterocycles. The molecule has 0 radical (unpaired) electrons. The van der Waals surface area contributed by atoms with Crippen molar-refractivity contribution in [2.45, 2.75) is 26.2 Å². The lowest BCUT2D eigenvalue weighted by Gasteiger charge is -2.09. The fraction of sp³-hybridized carbons (Fsp3) is 0.875. The van der Waals surface area contributed by atoms with Gasteiger partial charge in [-0.1, -0.05) is 0 Å². The molecule has 1 rings (SSSR count). The van der Waals surface area contributed by atoms with E-state index in [-0.39, 0.29) is 23.6 Å². The van der Waals surface area contributed by atoms with Gasteiger partial charge in [-0.05, 0) is 25.2 Å². The average Bonchev–Trinajstić information content (AvgIpc) is 2.67. The van der Waals surface area contributed by atoms with E-state index in [9.17, 15) is 13.2 Å². The molecular formula is C8H14O4S. The van der Waals surface area contributed by atoms with E-state index in [0.717, 1.165) is 12.8 Å². The second-order valence-electron chi connectivity index (χ2n) is 3.47. The summed E-state index contributed by atoms with van der Waals surface area (Å²) in [4.78, 5) is 11.1. The predicted octanol–water partition coefficient (Wildman–Crippen LogP) is 0.331. The minimum atomic E-state index is -2.37. The number of ether oxygens (including phenoxy) is 1. The Morgan fingerprint density at radius 2 is 2.08 bits per heavy atom. The van der Waals surface area contributed by atoms with E-state index >= 15 is 0 Å². The van der Waals surface area contributed by atoms with Crippen molar-refractivity contribution in [3.05, 3.63) is 0 Å².